The van der Waals surface area contributed by atoms with Crippen molar-refractivity contribution in [2.45, 2.75) is 12.8 Å². The number of likely N-dealkylation sites (tertiary alicyclic amines) is 1. The largest absolute Gasteiger partial charge is 0.383 e. The van der Waals surface area contributed by atoms with E-state index in [0.29, 0.717) is 11.9 Å². The minimum Gasteiger partial charge on any atom is -0.383 e. The molecule has 8 heteroatoms. The normalized spacial score (nSPS) is 19.6. The average molecular weight is 522 g/mol. The fourth-order valence-electron chi connectivity index (χ4n) is 3.78. The van der Waals surface area contributed by atoms with Gasteiger partial charge in [-0.3, -0.25) is 4.99 Å². The van der Waals surface area contributed by atoms with Crippen LogP contribution in [0, 0.1) is 5.92 Å². The summed E-state index contributed by atoms with van der Waals surface area (Å²) in [5.41, 5.74) is 7.49. The number of piperazine rings is 1. The van der Waals surface area contributed by atoms with Crippen molar-refractivity contribution in [1.29, 1.82) is 0 Å². The third-order valence-corrected chi connectivity index (χ3v) is 5.88. The van der Waals surface area contributed by atoms with Gasteiger partial charge in [0, 0.05) is 57.1 Å². The van der Waals surface area contributed by atoms with Crippen molar-refractivity contribution in [2.24, 2.45) is 16.6 Å². The fraction of sp³-hybridized carbons (Fsp3) is 0.650. The van der Waals surface area contributed by atoms with E-state index in [9.17, 15) is 0 Å². The lowest BCUT2D eigenvalue weighted by Crippen LogP contribution is -2.51. The molecule has 0 aliphatic carbocycles. The molecule has 3 rings (SSSR count). The number of halogens is 2. The summed E-state index contributed by atoms with van der Waals surface area (Å²) in [6, 6.07) is 8.04. The van der Waals surface area contributed by atoms with E-state index in [1.54, 1.807) is 7.11 Å². The van der Waals surface area contributed by atoms with Crippen molar-refractivity contribution in [3.8, 4) is 0 Å². The Hall–Kier alpha value is -0.770. The van der Waals surface area contributed by atoms with Gasteiger partial charge < -0.3 is 25.2 Å². The van der Waals surface area contributed by atoms with Crippen LogP contribution in [0.2, 0.25) is 5.02 Å². The van der Waals surface area contributed by atoms with E-state index >= 15 is 0 Å². The van der Waals surface area contributed by atoms with Gasteiger partial charge in [0.05, 0.1) is 6.61 Å². The van der Waals surface area contributed by atoms with Crippen LogP contribution in [0.15, 0.2) is 29.3 Å². The lowest BCUT2D eigenvalue weighted by atomic mass is 9.97. The molecular weight excluding hydrogens is 489 g/mol. The van der Waals surface area contributed by atoms with Gasteiger partial charge in [0.15, 0.2) is 5.96 Å². The summed E-state index contributed by atoms with van der Waals surface area (Å²) in [4.78, 5) is 11.8. The summed E-state index contributed by atoms with van der Waals surface area (Å²) in [6.45, 7) is 8.71. The van der Waals surface area contributed by atoms with Crippen LogP contribution in [0.25, 0.3) is 0 Å². The minimum absolute atomic E-state index is 0. The zero-order valence-electron chi connectivity index (χ0n) is 16.7. The second kappa shape index (κ2) is 12.0. The van der Waals surface area contributed by atoms with Crippen molar-refractivity contribution >= 4 is 47.2 Å². The molecule has 0 bridgehead atoms. The Morgan fingerprint density at radius 2 is 1.75 bits per heavy atom. The fourth-order valence-corrected chi connectivity index (χ4v) is 3.91. The minimum atomic E-state index is 0. The van der Waals surface area contributed by atoms with Crippen LogP contribution in [0.1, 0.15) is 12.8 Å². The molecule has 0 spiro atoms. The third kappa shape index (κ3) is 6.93. The lowest BCUT2D eigenvalue weighted by Gasteiger charge is -2.37. The van der Waals surface area contributed by atoms with Gasteiger partial charge in [-0.15, -0.1) is 24.0 Å². The van der Waals surface area contributed by atoms with E-state index in [1.165, 1.54) is 18.5 Å². The van der Waals surface area contributed by atoms with Crippen molar-refractivity contribution in [1.82, 2.24) is 9.80 Å². The van der Waals surface area contributed by atoms with E-state index in [1.807, 2.05) is 12.1 Å². The Morgan fingerprint density at radius 3 is 2.36 bits per heavy atom. The number of nitrogens with two attached hydrogens (primary N) is 1. The van der Waals surface area contributed by atoms with Gasteiger partial charge in [-0.05, 0) is 56.1 Å². The van der Waals surface area contributed by atoms with E-state index < -0.39 is 0 Å². The molecule has 2 aliphatic rings. The molecule has 2 saturated heterocycles. The molecule has 0 amide bonds. The van der Waals surface area contributed by atoms with Crippen molar-refractivity contribution in [2.75, 3.05) is 71.0 Å². The van der Waals surface area contributed by atoms with Gasteiger partial charge in [0.1, 0.15) is 0 Å². The molecular formula is C20H33ClIN5O. The van der Waals surface area contributed by atoms with Crippen molar-refractivity contribution in [3.63, 3.8) is 0 Å². The van der Waals surface area contributed by atoms with Crippen LogP contribution >= 0.6 is 35.6 Å². The molecule has 2 heterocycles. The van der Waals surface area contributed by atoms with Crippen molar-refractivity contribution < 1.29 is 4.74 Å². The second-order valence-corrected chi connectivity index (χ2v) is 7.86. The summed E-state index contributed by atoms with van der Waals surface area (Å²) >= 11 is 5.98. The quantitative estimate of drug-likeness (QED) is 0.354. The van der Waals surface area contributed by atoms with E-state index in [-0.39, 0.29) is 24.0 Å². The maximum absolute atomic E-state index is 6.28. The van der Waals surface area contributed by atoms with Crippen LogP contribution < -0.4 is 10.6 Å². The first-order valence-electron chi connectivity index (χ1n) is 9.92. The van der Waals surface area contributed by atoms with E-state index in [0.717, 1.165) is 64.0 Å². The number of rotatable bonds is 6. The monoisotopic (exact) mass is 521 g/mol. The smallest absolute Gasteiger partial charge is 0.191 e. The average Bonchev–Trinajstić information content (AvgIpc) is 2.72. The topological polar surface area (TPSA) is 57.3 Å². The summed E-state index contributed by atoms with van der Waals surface area (Å²) in [6.07, 6.45) is 2.40. The zero-order chi connectivity index (χ0) is 19.1. The number of methoxy groups -OCH3 is 1. The number of hydrogen-bond acceptors (Lipinski definition) is 4. The van der Waals surface area contributed by atoms with Crippen molar-refractivity contribution in [3.05, 3.63) is 29.3 Å². The zero-order valence-corrected chi connectivity index (χ0v) is 19.8. The Kier molecular flexibility index (Phi) is 10.1. The lowest BCUT2D eigenvalue weighted by molar-refractivity contribution is 0.121. The molecule has 0 radical (unpaired) electrons. The molecule has 1 aromatic rings. The summed E-state index contributed by atoms with van der Waals surface area (Å²) in [5, 5.41) is 0.776. The van der Waals surface area contributed by atoms with E-state index in [2.05, 4.69) is 26.8 Å². The predicted octanol–water partition coefficient (Wildman–Crippen LogP) is 2.75. The molecule has 0 aromatic heterocycles. The van der Waals surface area contributed by atoms with E-state index in [4.69, 9.17) is 27.1 Å². The maximum Gasteiger partial charge on any atom is 0.191 e. The first-order valence-corrected chi connectivity index (χ1v) is 10.3. The van der Waals surface area contributed by atoms with Gasteiger partial charge in [-0.1, -0.05) is 11.6 Å². The Labute approximate surface area is 191 Å². The highest BCUT2D eigenvalue weighted by Crippen LogP contribution is 2.20. The summed E-state index contributed by atoms with van der Waals surface area (Å²) in [7, 11) is 1.76. The molecule has 0 unspecified atom stereocenters. The van der Waals surface area contributed by atoms with Gasteiger partial charge in [-0.25, -0.2) is 0 Å². The number of nitrogens with zero attached hydrogens (tertiary/aromatic N) is 4. The Morgan fingerprint density at radius 1 is 1.11 bits per heavy atom. The number of hydrogen-bond donors (Lipinski definition) is 1. The van der Waals surface area contributed by atoms with Crippen LogP contribution in [0.4, 0.5) is 5.69 Å². The van der Waals surface area contributed by atoms with Crippen LogP contribution in [-0.2, 0) is 4.74 Å². The number of ether oxygens (including phenoxy) is 1. The first kappa shape index (κ1) is 23.5. The number of guanidine groups is 1. The number of benzene rings is 1. The van der Waals surface area contributed by atoms with Gasteiger partial charge >= 0.3 is 0 Å². The van der Waals surface area contributed by atoms with Crippen LogP contribution in [0.5, 0.6) is 0 Å². The van der Waals surface area contributed by atoms with Gasteiger partial charge in [-0.2, -0.15) is 0 Å². The molecule has 2 fully saturated rings. The maximum atomic E-state index is 6.28. The number of aliphatic imine (C=N–C) groups is 1. The molecule has 2 aliphatic heterocycles. The number of anilines is 1. The highest BCUT2D eigenvalue weighted by atomic mass is 127. The summed E-state index contributed by atoms with van der Waals surface area (Å²) in [5.74, 6) is 1.35. The Balaban J connectivity index is 0.00000280. The highest BCUT2D eigenvalue weighted by molar-refractivity contribution is 14.0. The molecule has 0 atom stereocenters. The number of piperidine rings is 1. The molecule has 2 N–H and O–H groups in total. The molecule has 158 valence electrons. The first-order chi connectivity index (χ1) is 13.2. The predicted molar refractivity (Wildman–Crippen MR) is 128 cm³/mol. The van der Waals surface area contributed by atoms with Crippen LogP contribution in [-0.4, -0.2) is 81.8 Å². The van der Waals surface area contributed by atoms with Gasteiger partial charge in [0.25, 0.3) is 0 Å². The standard InChI is InChI=1S/C20H32ClN5O.HI/c1-27-15-14-24-8-6-17(7-9-24)16-23-20(22)26-12-10-25(11-13-26)19-4-2-18(21)3-5-19;/h2-5,17H,6-16H2,1H3,(H2,22,23);1H. The molecule has 6 nitrogen and oxygen atoms in total. The molecule has 1 aromatic carbocycles. The Bertz CT molecular complexity index is 599. The SMILES string of the molecule is COCCN1CCC(CN=C(N)N2CCN(c3ccc(Cl)cc3)CC2)CC1.I. The van der Waals surface area contributed by atoms with Crippen LogP contribution in [0.3, 0.4) is 0 Å². The highest BCUT2D eigenvalue weighted by Gasteiger charge is 2.21. The third-order valence-electron chi connectivity index (χ3n) is 5.63. The molecule has 0 saturated carbocycles. The summed E-state index contributed by atoms with van der Waals surface area (Å²) < 4.78 is 5.16. The van der Waals surface area contributed by atoms with Gasteiger partial charge in [0.2, 0.25) is 0 Å². The second-order valence-electron chi connectivity index (χ2n) is 7.43. The molecule has 28 heavy (non-hydrogen) atoms.